The molecule has 1 aromatic heterocycles. The molecule has 0 atom stereocenters. The third kappa shape index (κ3) is 4.88. The maximum atomic E-state index is 13.3. The van der Waals surface area contributed by atoms with Crippen LogP contribution in [0.15, 0.2) is 18.3 Å². The van der Waals surface area contributed by atoms with E-state index in [2.05, 4.69) is 24.9 Å². The largest absolute Gasteiger partial charge is 0.381 e. The Labute approximate surface area is 184 Å². The van der Waals surface area contributed by atoms with Gasteiger partial charge in [0.25, 0.3) is 5.91 Å². The Morgan fingerprint density at radius 1 is 1.23 bits per heavy atom. The zero-order valence-corrected chi connectivity index (χ0v) is 19.0. The van der Waals surface area contributed by atoms with Gasteiger partial charge in [-0.25, -0.2) is 18.9 Å². The normalized spacial score (nSPS) is 19.9. The number of rotatable bonds is 6. The first kappa shape index (κ1) is 24.8. The van der Waals surface area contributed by atoms with Gasteiger partial charge in [-0.05, 0) is 24.0 Å². The molecule has 2 fully saturated rings. The van der Waals surface area contributed by atoms with E-state index in [1.165, 1.54) is 9.87 Å². The second kappa shape index (κ2) is 10.2. The molecule has 2 N–H and O–H groups in total. The van der Waals surface area contributed by atoms with Gasteiger partial charge in [-0.1, -0.05) is 19.9 Å². The molecule has 0 bridgehead atoms. The van der Waals surface area contributed by atoms with E-state index in [9.17, 15) is 13.2 Å². The Morgan fingerprint density at radius 2 is 1.87 bits per heavy atom. The fourth-order valence-corrected chi connectivity index (χ4v) is 6.11. The zero-order valence-electron chi connectivity index (χ0n) is 17.4. The van der Waals surface area contributed by atoms with Gasteiger partial charge in [0.2, 0.25) is 10.0 Å². The molecule has 1 amide bonds. The lowest BCUT2D eigenvalue weighted by Gasteiger charge is -2.41. The van der Waals surface area contributed by atoms with E-state index < -0.39 is 20.7 Å². The topological polar surface area (TPSA) is 112 Å². The van der Waals surface area contributed by atoms with Crippen molar-refractivity contribution in [3.8, 4) is 0 Å². The predicted molar refractivity (Wildman–Crippen MR) is 115 cm³/mol. The summed E-state index contributed by atoms with van der Waals surface area (Å²) in [4.78, 5) is 18.9. The number of aromatic nitrogens is 1. The lowest BCUT2D eigenvalue weighted by molar-refractivity contribution is -0.134. The van der Waals surface area contributed by atoms with Crippen molar-refractivity contribution in [1.29, 1.82) is 0 Å². The number of carbonyl (C=O) groups is 1. The van der Waals surface area contributed by atoms with Crippen LogP contribution in [0.3, 0.4) is 0 Å². The molecule has 2 saturated heterocycles. The number of anilines is 1. The van der Waals surface area contributed by atoms with Crippen LogP contribution in [0.5, 0.6) is 0 Å². The first-order valence-corrected chi connectivity index (χ1v) is 11.5. The summed E-state index contributed by atoms with van der Waals surface area (Å²) in [7, 11) is -3.95. The standard InChI is InChI=1S/C19H30N4O5S.ClH/c1-15(2)13-16-3-4-17(20-14-16)22-7-9-23(10-8-22)29(26,27)19(18(24)21-25)5-11-28-12-6-19;/h3-4,14-15,25H,5-13H2,1-2H3,(H,21,24);1H. The highest BCUT2D eigenvalue weighted by molar-refractivity contribution is 7.91. The van der Waals surface area contributed by atoms with Crippen molar-refractivity contribution in [2.24, 2.45) is 5.92 Å². The minimum Gasteiger partial charge on any atom is -0.381 e. The second-order valence-corrected chi connectivity index (χ2v) is 10.3. The minimum atomic E-state index is -3.95. The van der Waals surface area contributed by atoms with Crippen LogP contribution in [0.1, 0.15) is 32.3 Å². The van der Waals surface area contributed by atoms with Crippen molar-refractivity contribution in [2.45, 2.75) is 37.9 Å². The summed E-state index contributed by atoms with van der Waals surface area (Å²) in [6.07, 6.45) is 2.90. The van der Waals surface area contributed by atoms with Crippen LogP contribution in [0.2, 0.25) is 0 Å². The van der Waals surface area contributed by atoms with Crippen LogP contribution in [-0.2, 0) is 26.0 Å². The van der Waals surface area contributed by atoms with Gasteiger partial charge >= 0.3 is 0 Å². The van der Waals surface area contributed by atoms with Crippen molar-refractivity contribution in [3.05, 3.63) is 23.9 Å². The molecule has 0 aliphatic carbocycles. The fourth-order valence-electron chi connectivity index (χ4n) is 4.01. The van der Waals surface area contributed by atoms with E-state index in [1.54, 1.807) is 5.48 Å². The number of nitrogens with zero attached hydrogens (tertiary/aromatic N) is 3. The Balaban J connectivity index is 0.00000320. The van der Waals surface area contributed by atoms with Gasteiger partial charge in [0.05, 0.1) is 0 Å². The lowest BCUT2D eigenvalue weighted by atomic mass is 9.98. The van der Waals surface area contributed by atoms with Crippen molar-refractivity contribution in [3.63, 3.8) is 0 Å². The number of ether oxygens (including phenoxy) is 1. The first-order chi connectivity index (χ1) is 13.8. The highest BCUT2D eigenvalue weighted by Gasteiger charge is 2.54. The zero-order chi connectivity index (χ0) is 21.1. The Morgan fingerprint density at radius 3 is 2.37 bits per heavy atom. The maximum Gasteiger partial charge on any atom is 0.266 e. The average Bonchev–Trinajstić information content (AvgIpc) is 2.73. The molecular formula is C19H31ClN4O5S. The van der Waals surface area contributed by atoms with E-state index >= 15 is 0 Å². The number of amides is 1. The summed E-state index contributed by atoms with van der Waals surface area (Å²) < 4.78 is 31.6. The molecule has 0 radical (unpaired) electrons. The van der Waals surface area contributed by atoms with E-state index in [0.29, 0.717) is 19.0 Å². The summed E-state index contributed by atoms with van der Waals surface area (Å²) >= 11 is 0. The van der Waals surface area contributed by atoms with Gasteiger partial charge in [-0.2, -0.15) is 4.31 Å². The Bertz CT molecular complexity index is 805. The number of hydrogen-bond acceptors (Lipinski definition) is 7. The summed E-state index contributed by atoms with van der Waals surface area (Å²) in [5, 5.41) is 9.14. The second-order valence-electron chi connectivity index (χ2n) is 8.06. The highest BCUT2D eigenvalue weighted by atomic mass is 35.5. The van der Waals surface area contributed by atoms with E-state index in [1.807, 2.05) is 17.2 Å². The molecule has 0 unspecified atom stereocenters. The number of pyridine rings is 1. The van der Waals surface area contributed by atoms with E-state index in [-0.39, 0.29) is 51.6 Å². The number of piperazine rings is 1. The van der Waals surface area contributed by atoms with Gasteiger partial charge in [0.1, 0.15) is 5.82 Å². The smallest absolute Gasteiger partial charge is 0.266 e. The average molecular weight is 463 g/mol. The van der Waals surface area contributed by atoms with Crippen molar-refractivity contribution in [1.82, 2.24) is 14.8 Å². The monoisotopic (exact) mass is 462 g/mol. The van der Waals surface area contributed by atoms with E-state index in [0.717, 1.165) is 12.2 Å². The van der Waals surface area contributed by atoms with Crippen LogP contribution in [0.25, 0.3) is 0 Å². The Kier molecular flexibility index (Phi) is 8.46. The summed E-state index contributed by atoms with van der Waals surface area (Å²) in [5.41, 5.74) is 2.74. The van der Waals surface area contributed by atoms with Gasteiger partial charge in [-0.3, -0.25) is 10.0 Å². The van der Waals surface area contributed by atoms with Gasteiger partial charge in [0, 0.05) is 58.4 Å². The van der Waals surface area contributed by atoms with Crippen molar-refractivity contribution < 1.29 is 23.2 Å². The third-order valence-corrected chi connectivity index (χ3v) is 8.29. The number of sulfonamides is 1. The molecule has 9 nitrogen and oxygen atoms in total. The number of carbonyl (C=O) groups excluding carboxylic acids is 1. The molecule has 170 valence electrons. The van der Waals surface area contributed by atoms with Gasteiger partial charge < -0.3 is 9.64 Å². The van der Waals surface area contributed by atoms with Crippen LogP contribution >= 0.6 is 12.4 Å². The number of hydrogen-bond donors (Lipinski definition) is 2. The Hall–Kier alpha value is -1.46. The molecule has 3 heterocycles. The highest BCUT2D eigenvalue weighted by Crippen LogP contribution is 2.33. The maximum absolute atomic E-state index is 13.3. The van der Waals surface area contributed by atoms with Crippen LogP contribution in [-0.4, -0.2) is 73.0 Å². The molecule has 0 spiro atoms. The number of halogens is 1. The molecule has 3 rings (SSSR count). The lowest BCUT2D eigenvalue weighted by Crippen LogP contribution is -2.62. The van der Waals surface area contributed by atoms with E-state index in [4.69, 9.17) is 9.94 Å². The number of hydroxylamine groups is 1. The molecular weight excluding hydrogens is 432 g/mol. The van der Waals surface area contributed by atoms with Crippen molar-refractivity contribution in [2.75, 3.05) is 44.3 Å². The quantitative estimate of drug-likeness (QED) is 0.482. The molecule has 0 saturated carbocycles. The third-order valence-electron chi connectivity index (χ3n) is 5.67. The SMILES string of the molecule is CC(C)Cc1ccc(N2CCN(S(=O)(=O)C3(C(=O)NO)CCOCC3)CC2)nc1.Cl. The first-order valence-electron chi connectivity index (χ1n) is 10.0. The molecule has 2 aliphatic rings. The summed E-state index contributed by atoms with van der Waals surface area (Å²) in [6, 6.07) is 4.04. The number of nitrogens with one attached hydrogen (secondary N) is 1. The van der Waals surface area contributed by atoms with Crippen LogP contribution in [0.4, 0.5) is 5.82 Å². The minimum absolute atomic E-state index is 0. The molecule has 30 heavy (non-hydrogen) atoms. The molecule has 1 aromatic rings. The van der Waals surface area contributed by atoms with Gasteiger partial charge in [0.15, 0.2) is 4.75 Å². The van der Waals surface area contributed by atoms with Crippen molar-refractivity contribution >= 4 is 34.2 Å². The summed E-state index contributed by atoms with van der Waals surface area (Å²) in [6.45, 7) is 6.16. The van der Waals surface area contributed by atoms with Gasteiger partial charge in [-0.15, -0.1) is 12.4 Å². The fraction of sp³-hybridized carbons (Fsp3) is 0.684. The molecule has 11 heteroatoms. The van der Waals surface area contributed by atoms with Crippen LogP contribution < -0.4 is 10.4 Å². The van der Waals surface area contributed by atoms with Crippen LogP contribution in [0, 0.1) is 5.92 Å². The molecule has 2 aliphatic heterocycles. The summed E-state index contributed by atoms with van der Waals surface area (Å²) in [5.74, 6) is 0.499. The predicted octanol–water partition coefficient (Wildman–Crippen LogP) is 1.21. The molecule has 0 aromatic carbocycles.